The van der Waals surface area contributed by atoms with E-state index >= 15 is 0 Å². The van der Waals surface area contributed by atoms with Gasteiger partial charge in [0.15, 0.2) is 0 Å². The Morgan fingerprint density at radius 1 is 1.44 bits per heavy atom. The molecular weight excluding hydrogens is 222 g/mol. The maximum absolute atomic E-state index is 5.80. The van der Waals surface area contributed by atoms with Gasteiger partial charge in [0.2, 0.25) is 0 Å². The van der Waals surface area contributed by atoms with Crippen LogP contribution in [0.2, 0.25) is 0 Å². The summed E-state index contributed by atoms with van der Waals surface area (Å²) in [6, 6.07) is 5.11. The van der Waals surface area contributed by atoms with Crippen molar-refractivity contribution in [3.05, 3.63) is 23.9 Å². The van der Waals surface area contributed by atoms with Crippen LogP contribution < -0.4 is 10.6 Å². The van der Waals surface area contributed by atoms with E-state index in [-0.39, 0.29) is 6.04 Å². The zero-order valence-corrected chi connectivity index (χ0v) is 11.8. The van der Waals surface area contributed by atoms with Gasteiger partial charge in [-0.25, -0.2) is 4.98 Å². The van der Waals surface area contributed by atoms with Crippen molar-refractivity contribution in [2.45, 2.75) is 52.1 Å². The molecule has 0 saturated carbocycles. The van der Waals surface area contributed by atoms with Gasteiger partial charge in [0, 0.05) is 24.8 Å². The summed E-state index contributed by atoms with van der Waals surface area (Å²) in [7, 11) is 0. The van der Waals surface area contributed by atoms with E-state index in [1.165, 1.54) is 18.4 Å². The molecule has 0 amide bonds. The standard InChI is InChI=1S/C15H25N3/c1-11-6-7-18(13(3)8-11)15-5-4-14(10-17-15)9-12(2)16/h4-5,10-13H,6-9,16H2,1-3H3. The lowest BCUT2D eigenvalue weighted by Gasteiger charge is -2.37. The molecule has 2 heterocycles. The third kappa shape index (κ3) is 3.22. The van der Waals surface area contributed by atoms with Crippen molar-refractivity contribution in [1.29, 1.82) is 0 Å². The van der Waals surface area contributed by atoms with Crippen LogP contribution in [0.15, 0.2) is 18.3 Å². The van der Waals surface area contributed by atoms with Gasteiger partial charge in [0.25, 0.3) is 0 Å². The maximum atomic E-state index is 5.80. The molecule has 100 valence electrons. The molecule has 1 aromatic heterocycles. The molecule has 1 saturated heterocycles. The highest BCUT2D eigenvalue weighted by Crippen LogP contribution is 2.26. The highest BCUT2D eigenvalue weighted by molar-refractivity contribution is 5.41. The summed E-state index contributed by atoms with van der Waals surface area (Å²) in [5.74, 6) is 1.96. The van der Waals surface area contributed by atoms with E-state index in [0.29, 0.717) is 6.04 Å². The number of piperidine rings is 1. The van der Waals surface area contributed by atoms with E-state index in [4.69, 9.17) is 5.73 Å². The molecule has 1 fully saturated rings. The molecule has 0 radical (unpaired) electrons. The lowest BCUT2D eigenvalue weighted by Crippen LogP contribution is -2.40. The number of aromatic nitrogens is 1. The number of pyridine rings is 1. The number of hydrogen-bond acceptors (Lipinski definition) is 3. The van der Waals surface area contributed by atoms with E-state index in [9.17, 15) is 0 Å². The first-order valence-corrected chi connectivity index (χ1v) is 7.03. The molecule has 2 N–H and O–H groups in total. The minimum atomic E-state index is 0.201. The molecule has 3 nitrogen and oxygen atoms in total. The number of anilines is 1. The third-order valence-corrected chi connectivity index (χ3v) is 3.80. The second-order valence-electron chi connectivity index (χ2n) is 5.88. The predicted octanol–water partition coefficient (Wildman–Crippen LogP) is 2.60. The van der Waals surface area contributed by atoms with Crippen molar-refractivity contribution in [3.63, 3.8) is 0 Å². The van der Waals surface area contributed by atoms with Gasteiger partial charge in [-0.3, -0.25) is 0 Å². The zero-order valence-electron chi connectivity index (χ0n) is 11.8. The molecule has 1 aliphatic heterocycles. The van der Waals surface area contributed by atoms with Crippen LogP contribution in [0.4, 0.5) is 5.82 Å². The lowest BCUT2D eigenvalue weighted by molar-refractivity contribution is 0.376. The van der Waals surface area contributed by atoms with Crippen LogP contribution in [-0.2, 0) is 6.42 Å². The fourth-order valence-electron chi connectivity index (χ4n) is 2.83. The maximum Gasteiger partial charge on any atom is 0.128 e. The predicted molar refractivity (Wildman–Crippen MR) is 76.8 cm³/mol. The molecule has 18 heavy (non-hydrogen) atoms. The molecule has 2 rings (SSSR count). The first-order valence-electron chi connectivity index (χ1n) is 7.03. The van der Waals surface area contributed by atoms with Gasteiger partial charge >= 0.3 is 0 Å². The second-order valence-corrected chi connectivity index (χ2v) is 5.88. The van der Waals surface area contributed by atoms with E-state index in [1.807, 2.05) is 13.1 Å². The summed E-state index contributed by atoms with van der Waals surface area (Å²) >= 11 is 0. The molecule has 1 aromatic rings. The van der Waals surface area contributed by atoms with Gasteiger partial charge in [-0.2, -0.15) is 0 Å². The van der Waals surface area contributed by atoms with Crippen molar-refractivity contribution in [1.82, 2.24) is 4.98 Å². The number of nitrogens with two attached hydrogens (primary N) is 1. The average molecular weight is 247 g/mol. The normalized spacial score (nSPS) is 26.1. The molecule has 3 unspecified atom stereocenters. The van der Waals surface area contributed by atoms with Crippen LogP contribution in [0.25, 0.3) is 0 Å². The lowest BCUT2D eigenvalue weighted by atomic mass is 9.93. The topological polar surface area (TPSA) is 42.1 Å². The van der Waals surface area contributed by atoms with E-state index in [1.54, 1.807) is 0 Å². The van der Waals surface area contributed by atoms with Crippen LogP contribution in [0.3, 0.4) is 0 Å². The van der Waals surface area contributed by atoms with Gasteiger partial charge < -0.3 is 10.6 Å². The smallest absolute Gasteiger partial charge is 0.128 e. The number of rotatable bonds is 3. The van der Waals surface area contributed by atoms with Crippen molar-refractivity contribution < 1.29 is 0 Å². The Balaban J connectivity index is 2.05. The summed E-state index contributed by atoms with van der Waals surface area (Å²) in [5, 5.41) is 0. The van der Waals surface area contributed by atoms with Gasteiger partial charge in [0.05, 0.1) is 0 Å². The Bertz CT molecular complexity index is 372. The van der Waals surface area contributed by atoms with Crippen molar-refractivity contribution in [3.8, 4) is 0 Å². The van der Waals surface area contributed by atoms with Crippen LogP contribution in [0, 0.1) is 5.92 Å². The highest BCUT2D eigenvalue weighted by atomic mass is 15.2. The van der Waals surface area contributed by atoms with E-state index in [0.717, 1.165) is 24.7 Å². The molecule has 3 atom stereocenters. The van der Waals surface area contributed by atoms with E-state index < -0.39 is 0 Å². The quantitative estimate of drug-likeness (QED) is 0.892. The fraction of sp³-hybridized carbons (Fsp3) is 0.667. The van der Waals surface area contributed by atoms with Gasteiger partial charge in [0.1, 0.15) is 5.82 Å². The molecule has 0 spiro atoms. The minimum absolute atomic E-state index is 0.201. The highest BCUT2D eigenvalue weighted by Gasteiger charge is 2.23. The number of nitrogens with zero attached hydrogens (tertiary/aromatic N) is 2. The average Bonchev–Trinajstić information content (AvgIpc) is 2.30. The SMILES string of the molecule is CC(N)Cc1ccc(N2CCC(C)CC2C)nc1. The molecule has 0 aliphatic carbocycles. The summed E-state index contributed by atoms with van der Waals surface area (Å²) < 4.78 is 0. The summed E-state index contributed by atoms with van der Waals surface area (Å²) in [5.41, 5.74) is 7.03. The Morgan fingerprint density at radius 2 is 2.22 bits per heavy atom. The third-order valence-electron chi connectivity index (χ3n) is 3.80. The summed E-state index contributed by atoms with van der Waals surface area (Å²) in [6.45, 7) is 7.80. The van der Waals surface area contributed by atoms with Crippen LogP contribution in [0.5, 0.6) is 0 Å². The monoisotopic (exact) mass is 247 g/mol. The van der Waals surface area contributed by atoms with Crippen LogP contribution in [0.1, 0.15) is 39.2 Å². The summed E-state index contributed by atoms with van der Waals surface area (Å²) in [4.78, 5) is 7.03. The molecule has 0 bridgehead atoms. The van der Waals surface area contributed by atoms with Crippen molar-refractivity contribution >= 4 is 5.82 Å². The first-order chi connectivity index (χ1) is 8.56. The van der Waals surface area contributed by atoms with Gasteiger partial charge in [-0.1, -0.05) is 13.0 Å². The zero-order chi connectivity index (χ0) is 13.1. The summed E-state index contributed by atoms with van der Waals surface area (Å²) in [6.07, 6.45) is 5.42. The Labute approximate surface area is 110 Å². The van der Waals surface area contributed by atoms with Crippen molar-refractivity contribution in [2.24, 2.45) is 11.7 Å². The molecular formula is C15H25N3. The van der Waals surface area contributed by atoms with E-state index in [2.05, 4.69) is 35.9 Å². The van der Waals surface area contributed by atoms with Gasteiger partial charge in [-0.15, -0.1) is 0 Å². The van der Waals surface area contributed by atoms with Crippen LogP contribution >= 0.6 is 0 Å². The molecule has 3 heteroatoms. The second kappa shape index (κ2) is 5.70. The number of hydrogen-bond donors (Lipinski definition) is 1. The van der Waals surface area contributed by atoms with Crippen molar-refractivity contribution in [2.75, 3.05) is 11.4 Å². The molecule has 0 aromatic carbocycles. The Morgan fingerprint density at radius 3 is 2.78 bits per heavy atom. The van der Waals surface area contributed by atoms with Gasteiger partial charge in [-0.05, 0) is 50.7 Å². The minimum Gasteiger partial charge on any atom is -0.354 e. The van der Waals surface area contributed by atoms with Crippen LogP contribution in [-0.4, -0.2) is 23.6 Å². The molecule has 1 aliphatic rings. The Hall–Kier alpha value is -1.09. The largest absolute Gasteiger partial charge is 0.354 e. The first kappa shape index (κ1) is 13.3. The fourth-order valence-corrected chi connectivity index (χ4v) is 2.83. The Kier molecular flexibility index (Phi) is 4.23.